The van der Waals surface area contributed by atoms with Crippen LogP contribution in [0, 0.1) is 6.92 Å². The molecule has 5 rings (SSSR count). The fraction of sp³-hybridized carbons (Fsp3) is 0.111. The molecule has 0 spiro atoms. The zero-order chi connectivity index (χ0) is 27.8. The first-order chi connectivity index (χ1) is 18.6. The van der Waals surface area contributed by atoms with Crippen molar-refractivity contribution in [2.45, 2.75) is 16.7 Å². The molecule has 0 amide bonds. The number of rotatable bonds is 8. The van der Waals surface area contributed by atoms with Crippen LogP contribution in [0.3, 0.4) is 0 Å². The summed E-state index contributed by atoms with van der Waals surface area (Å²) in [5, 5.41) is 3.31. The minimum atomic E-state index is -4.04. The van der Waals surface area contributed by atoms with Crippen LogP contribution in [0.15, 0.2) is 94.9 Å². The number of nitrogens with one attached hydrogen (secondary N) is 1. The Morgan fingerprint density at radius 3 is 2.18 bits per heavy atom. The Hall–Kier alpha value is -4.42. The number of hydrogen-bond acceptors (Lipinski definition) is 9. The molecule has 200 valence electrons. The number of benzene rings is 3. The number of aryl methyl sites for hydroxylation is 1. The summed E-state index contributed by atoms with van der Waals surface area (Å²) in [4.78, 5) is 9.00. The second-order valence-electron chi connectivity index (χ2n) is 8.67. The van der Waals surface area contributed by atoms with Crippen molar-refractivity contribution >= 4 is 42.5 Å². The minimum Gasteiger partial charge on any atom is -0.495 e. The van der Waals surface area contributed by atoms with Gasteiger partial charge in [0.25, 0.3) is 10.0 Å². The predicted octanol–water partition coefficient (Wildman–Crippen LogP) is 4.92. The lowest BCUT2D eigenvalue weighted by Gasteiger charge is -2.14. The molecule has 0 aliphatic heterocycles. The van der Waals surface area contributed by atoms with Gasteiger partial charge in [0.2, 0.25) is 11.8 Å². The van der Waals surface area contributed by atoms with Crippen molar-refractivity contribution in [3.8, 4) is 17.4 Å². The van der Waals surface area contributed by atoms with Crippen molar-refractivity contribution in [1.29, 1.82) is 0 Å². The third kappa shape index (κ3) is 5.16. The summed E-state index contributed by atoms with van der Waals surface area (Å²) in [5.74, 6) is 0.523. The van der Waals surface area contributed by atoms with Crippen molar-refractivity contribution in [3.05, 3.63) is 90.6 Å². The molecule has 0 atom stereocenters. The van der Waals surface area contributed by atoms with E-state index in [1.54, 1.807) is 48.5 Å². The zero-order valence-electron chi connectivity index (χ0n) is 21.2. The third-order valence-electron chi connectivity index (χ3n) is 5.86. The van der Waals surface area contributed by atoms with Gasteiger partial charge in [-0.15, -0.1) is 0 Å². The van der Waals surface area contributed by atoms with Gasteiger partial charge in [0.15, 0.2) is 15.5 Å². The second-order valence-corrected chi connectivity index (χ2v) is 12.5. The predicted molar refractivity (Wildman–Crippen MR) is 147 cm³/mol. The summed E-state index contributed by atoms with van der Waals surface area (Å²) in [6.07, 6.45) is 2.43. The number of nitrogens with zero attached hydrogens (tertiary/aromatic N) is 3. The summed E-state index contributed by atoms with van der Waals surface area (Å²) in [7, 11) is -6.16. The molecule has 1 N–H and O–H groups in total. The molecule has 0 aliphatic carbocycles. The van der Waals surface area contributed by atoms with Gasteiger partial charge in [0, 0.05) is 12.5 Å². The molecular weight excluding hydrogens is 540 g/mol. The van der Waals surface area contributed by atoms with E-state index in [2.05, 4.69) is 15.3 Å². The van der Waals surface area contributed by atoms with Gasteiger partial charge in [0.1, 0.15) is 16.4 Å². The summed E-state index contributed by atoms with van der Waals surface area (Å²) in [5.41, 5.74) is 1.48. The molecule has 0 saturated heterocycles. The van der Waals surface area contributed by atoms with Crippen LogP contribution in [0.1, 0.15) is 5.56 Å². The Labute approximate surface area is 225 Å². The molecule has 0 unspecified atom stereocenters. The van der Waals surface area contributed by atoms with E-state index < -0.39 is 19.9 Å². The van der Waals surface area contributed by atoms with Crippen LogP contribution in [0.2, 0.25) is 0 Å². The fourth-order valence-corrected chi connectivity index (χ4v) is 6.03. The summed E-state index contributed by atoms with van der Waals surface area (Å²) >= 11 is 0. The maximum atomic E-state index is 13.6. The number of sulfone groups is 1. The van der Waals surface area contributed by atoms with E-state index in [1.807, 2.05) is 6.92 Å². The molecule has 0 aliphatic rings. The number of para-hydroxylation sites is 3. The number of fused-ring (bicyclic) bond motifs is 1. The molecule has 10 nitrogen and oxygen atoms in total. The first-order valence-corrected chi connectivity index (χ1v) is 15.0. The van der Waals surface area contributed by atoms with Crippen LogP contribution in [-0.4, -0.2) is 44.1 Å². The second kappa shape index (κ2) is 10.0. The van der Waals surface area contributed by atoms with Crippen molar-refractivity contribution in [3.63, 3.8) is 0 Å². The average molecular weight is 565 g/mol. The summed E-state index contributed by atoms with van der Waals surface area (Å²) in [6.45, 7) is 1.86. The molecule has 39 heavy (non-hydrogen) atoms. The Balaban J connectivity index is 1.70. The van der Waals surface area contributed by atoms with E-state index in [-0.39, 0.29) is 38.4 Å². The van der Waals surface area contributed by atoms with E-state index >= 15 is 0 Å². The SMILES string of the molecule is COc1ccccc1Nc1nc(Oc2ccccc2S(C)(=O)=O)c2ccn(S(=O)(=O)c3ccc(C)cc3)c2n1. The van der Waals surface area contributed by atoms with Crippen molar-refractivity contribution in [2.24, 2.45) is 0 Å². The molecule has 0 fully saturated rings. The quantitative estimate of drug-likeness (QED) is 0.279. The van der Waals surface area contributed by atoms with Gasteiger partial charge in [0.05, 0.1) is 23.1 Å². The molecule has 12 heteroatoms. The Morgan fingerprint density at radius 1 is 0.821 bits per heavy atom. The lowest BCUT2D eigenvalue weighted by molar-refractivity contribution is 0.416. The number of methoxy groups -OCH3 is 1. The maximum absolute atomic E-state index is 13.6. The fourth-order valence-electron chi connectivity index (χ4n) is 3.93. The molecule has 3 aromatic carbocycles. The minimum absolute atomic E-state index is 0.0119. The Morgan fingerprint density at radius 2 is 1.49 bits per heavy atom. The van der Waals surface area contributed by atoms with Gasteiger partial charge in [-0.1, -0.05) is 42.0 Å². The normalized spacial score (nSPS) is 11.9. The Kier molecular flexibility index (Phi) is 6.74. The number of hydrogen-bond donors (Lipinski definition) is 1. The van der Waals surface area contributed by atoms with Gasteiger partial charge in [-0.3, -0.25) is 0 Å². The van der Waals surface area contributed by atoms with E-state index in [1.165, 1.54) is 43.6 Å². The summed E-state index contributed by atoms with van der Waals surface area (Å²) in [6, 6.07) is 21.2. The van der Waals surface area contributed by atoms with Crippen molar-refractivity contribution < 1.29 is 26.3 Å². The van der Waals surface area contributed by atoms with Gasteiger partial charge in [-0.2, -0.15) is 9.97 Å². The van der Waals surface area contributed by atoms with Crippen molar-refractivity contribution in [1.82, 2.24) is 13.9 Å². The first-order valence-electron chi connectivity index (χ1n) is 11.7. The highest BCUT2D eigenvalue weighted by Gasteiger charge is 2.24. The van der Waals surface area contributed by atoms with Crippen LogP contribution in [0.25, 0.3) is 11.0 Å². The average Bonchev–Trinajstić information content (AvgIpc) is 3.34. The number of anilines is 2. The zero-order valence-corrected chi connectivity index (χ0v) is 22.8. The molecular formula is C27H24N4O6S2. The first kappa shape index (κ1) is 26.2. The Bertz CT molecular complexity index is 1900. The summed E-state index contributed by atoms with van der Waals surface area (Å²) < 4.78 is 64.4. The molecule has 2 aromatic heterocycles. The standard InChI is InChI=1S/C27H24N4O6S2/c1-18-12-14-19(15-13-18)39(34,35)31-17-16-20-25(31)29-27(28-21-8-4-5-9-22(21)36-2)30-26(20)37-23-10-6-7-11-24(23)38(3,32)33/h4-17H,1-3H3,(H,28,29,30). The van der Waals surface area contributed by atoms with E-state index in [0.29, 0.717) is 11.4 Å². The molecule has 0 radical (unpaired) electrons. The molecule has 0 saturated carbocycles. The van der Waals surface area contributed by atoms with Crippen LogP contribution in [-0.2, 0) is 19.9 Å². The highest BCUT2D eigenvalue weighted by Crippen LogP contribution is 2.35. The van der Waals surface area contributed by atoms with E-state index in [0.717, 1.165) is 15.8 Å². The molecule has 5 aromatic rings. The number of aromatic nitrogens is 3. The van der Waals surface area contributed by atoms with Crippen molar-refractivity contribution in [2.75, 3.05) is 18.7 Å². The van der Waals surface area contributed by atoms with Crippen LogP contribution >= 0.6 is 0 Å². The molecule has 0 bridgehead atoms. The van der Waals surface area contributed by atoms with Crippen LogP contribution in [0.4, 0.5) is 11.6 Å². The maximum Gasteiger partial charge on any atom is 0.269 e. The van der Waals surface area contributed by atoms with Crippen LogP contribution in [0.5, 0.6) is 17.4 Å². The van der Waals surface area contributed by atoms with Gasteiger partial charge in [-0.25, -0.2) is 20.8 Å². The smallest absolute Gasteiger partial charge is 0.269 e. The third-order valence-corrected chi connectivity index (χ3v) is 8.68. The lowest BCUT2D eigenvalue weighted by Crippen LogP contribution is -2.13. The van der Waals surface area contributed by atoms with Crippen LogP contribution < -0.4 is 14.8 Å². The highest BCUT2D eigenvalue weighted by atomic mass is 32.2. The van der Waals surface area contributed by atoms with Gasteiger partial charge >= 0.3 is 0 Å². The monoisotopic (exact) mass is 564 g/mol. The molecule has 2 heterocycles. The number of ether oxygens (including phenoxy) is 2. The van der Waals surface area contributed by atoms with Gasteiger partial charge in [-0.05, 0) is 49.4 Å². The lowest BCUT2D eigenvalue weighted by atomic mass is 10.2. The largest absolute Gasteiger partial charge is 0.495 e. The van der Waals surface area contributed by atoms with E-state index in [9.17, 15) is 16.8 Å². The van der Waals surface area contributed by atoms with Gasteiger partial charge < -0.3 is 14.8 Å². The topological polar surface area (TPSA) is 129 Å². The van der Waals surface area contributed by atoms with E-state index in [4.69, 9.17) is 9.47 Å². The highest BCUT2D eigenvalue weighted by molar-refractivity contribution is 7.91.